The number of nitrogens with one attached hydrogen (secondary N) is 1. The molecule has 0 aliphatic carbocycles. The molecule has 0 radical (unpaired) electrons. The molecule has 1 amide bonds. The summed E-state index contributed by atoms with van der Waals surface area (Å²) in [5.41, 5.74) is 7.25. The maximum absolute atomic E-state index is 12.1. The normalized spacial score (nSPS) is 13.8. The number of nitrogens with zero attached hydrogens (tertiary/aromatic N) is 4. The Morgan fingerprint density at radius 3 is 2.85 bits per heavy atom. The summed E-state index contributed by atoms with van der Waals surface area (Å²) in [5, 5.41) is 13.8. The topological polar surface area (TPSA) is 98.7 Å². The fourth-order valence-electron chi connectivity index (χ4n) is 1.78. The smallest absolute Gasteiger partial charge is 0.241 e. The highest BCUT2D eigenvalue weighted by molar-refractivity contribution is 5.96. The SMILES string of the molecule is CCC(C)[C@H](N)C(=O)Nc1ccccc1-n1cnnn1. The molecule has 3 N–H and O–H groups in total. The quantitative estimate of drug-likeness (QED) is 0.846. The Balaban J connectivity index is 2.20. The summed E-state index contributed by atoms with van der Waals surface area (Å²) in [6.07, 6.45) is 2.32. The molecule has 0 fully saturated rings. The molecule has 1 unspecified atom stereocenters. The lowest BCUT2D eigenvalue weighted by Gasteiger charge is -2.18. The van der Waals surface area contributed by atoms with Crippen molar-refractivity contribution in [2.45, 2.75) is 26.3 Å². The van der Waals surface area contributed by atoms with Gasteiger partial charge in [0.1, 0.15) is 6.33 Å². The highest BCUT2D eigenvalue weighted by Gasteiger charge is 2.20. The predicted octanol–water partition coefficient (Wildman–Crippen LogP) is 0.974. The zero-order valence-corrected chi connectivity index (χ0v) is 11.5. The van der Waals surface area contributed by atoms with Crippen molar-refractivity contribution >= 4 is 11.6 Å². The Bertz CT molecular complexity index is 568. The number of hydrogen-bond donors (Lipinski definition) is 2. The van der Waals surface area contributed by atoms with E-state index in [1.165, 1.54) is 11.0 Å². The van der Waals surface area contributed by atoms with Crippen LogP contribution in [-0.2, 0) is 4.79 Å². The number of carbonyl (C=O) groups is 1. The van der Waals surface area contributed by atoms with Gasteiger partial charge in [0.25, 0.3) is 0 Å². The lowest BCUT2D eigenvalue weighted by molar-refractivity contribution is -0.118. The Hall–Kier alpha value is -2.28. The van der Waals surface area contributed by atoms with Crippen molar-refractivity contribution in [3.8, 4) is 5.69 Å². The van der Waals surface area contributed by atoms with E-state index in [0.29, 0.717) is 11.4 Å². The van der Waals surface area contributed by atoms with E-state index in [9.17, 15) is 4.79 Å². The van der Waals surface area contributed by atoms with Gasteiger partial charge in [0.15, 0.2) is 0 Å². The Morgan fingerprint density at radius 2 is 2.20 bits per heavy atom. The summed E-state index contributed by atoms with van der Waals surface area (Å²) >= 11 is 0. The first-order chi connectivity index (χ1) is 9.63. The monoisotopic (exact) mass is 274 g/mol. The minimum Gasteiger partial charge on any atom is -0.323 e. The van der Waals surface area contributed by atoms with Crippen molar-refractivity contribution in [1.82, 2.24) is 20.2 Å². The second-order valence-electron chi connectivity index (χ2n) is 4.67. The van der Waals surface area contributed by atoms with Gasteiger partial charge in [0.05, 0.1) is 17.4 Å². The van der Waals surface area contributed by atoms with Gasteiger partial charge in [-0.15, -0.1) is 5.10 Å². The number of carbonyl (C=O) groups excluding carboxylic acids is 1. The van der Waals surface area contributed by atoms with Crippen molar-refractivity contribution in [2.75, 3.05) is 5.32 Å². The van der Waals surface area contributed by atoms with Gasteiger partial charge >= 0.3 is 0 Å². The van der Waals surface area contributed by atoms with Crippen molar-refractivity contribution in [1.29, 1.82) is 0 Å². The third-order valence-electron chi connectivity index (χ3n) is 3.32. The van der Waals surface area contributed by atoms with Crippen LogP contribution in [0.25, 0.3) is 5.69 Å². The summed E-state index contributed by atoms with van der Waals surface area (Å²) < 4.78 is 1.49. The van der Waals surface area contributed by atoms with Crippen LogP contribution >= 0.6 is 0 Å². The number of para-hydroxylation sites is 2. The van der Waals surface area contributed by atoms with Gasteiger partial charge in [-0.1, -0.05) is 32.4 Å². The van der Waals surface area contributed by atoms with Gasteiger partial charge in [-0.2, -0.15) is 4.68 Å². The second kappa shape index (κ2) is 6.25. The summed E-state index contributed by atoms with van der Waals surface area (Å²) in [7, 11) is 0. The molecule has 0 saturated carbocycles. The molecule has 0 aliphatic heterocycles. The first kappa shape index (κ1) is 14.1. The molecule has 20 heavy (non-hydrogen) atoms. The van der Waals surface area contributed by atoms with E-state index in [1.54, 1.807) is 6.07 Å². The Morgan fingerprint density at radius 1 is 1.45 bits per heavy atom. The average Bonchev–Trinajstić information content (AvgIpc) is 3.00. The van der Waals surface area contributed by atoms with Gasteiger partial charge < -0.3 is 11.1 Å². The van der Waals surface area contributed by atoms with E-state index in [0.717, 1.165) is 6.42 Å². The molecule has 2 aromatic rings. The third-order valence-corrected chi connectivity index (χ3v) is 3.32. The molecule has 7 heteroatoms. The predicted molar refractivity (Wildman–Crippen MR) is 75.2 cm³/mol. The molecule has 2 rings (SSSR count). The van der Waals surface area contributed by atoms with Gasteiger partial charge in [-0.05, 0) is 28.5 Å². The molecule has 2 atom stereocenters. The van der Waals surface area contributed by atoms with E-state index in [-0.39, 0.29) is 11.8 Å². The summed E-state index contributed by atoms with van der Waals surface area (Å²) in [6, 6.07) is 6.75. The maximum atomic E-state index is 12.1. The molecule has 0 bridgehead atoms. The second-order valence-corrected chi connectivity index (χ2v) is 4.67. The van der Waals surface area contributed by atoms with Crippen LogP contribution in [0.1, 0.15) is 20.3 Å². The largest absolute Gasteiger partial charge is 0.323 e. The average molecular weight is 274 g/mol. The Labute approximate surface area is 117 Å². The highest BCUT2D eigenvalue weighted by atomic mass is 16.2. The van der Waals surface area contributed by atoms with E-state index in [1.807, 2.05) is 32.0 Å². The first-order valence-corrected chi connectivity index (χ1v) is 6.52. The maximum Gasteiger partial charge on any atom is 0.241 e. The molecule has 1 aromatic heterocycles. The van der Waals surface area contributed by atoms with Gasteiger partial charge in [-0.3, -0.25) is 4.79 Å². The van der Waals surface area contributed by atoms with Crippen LogP contribution in [0.4, 0.5) is 5.69 Å². The number of nitrogens with two attached hydrogens (primary N) is 1. The number of aromatic nitrogens is 4. The first-order valence-electron chi connectivity index (χ1n) is 6.52. The van der Waals surface area contributed by atoms with Crippen molar-refractivity contribution in [3.05, 3.63) is 30.6 Å². The number of rotatable bonds is 5. The van der Waals surface area contributed by atoms with Gasteiger partial charge in [0, 0.05) is 0 Å². The highest BCUT2D eigenvalue weighted by Crippen LogP contribution is 2.19. The molecule has 7 nitrogen and oxygen atoms in total. The molecule has 1 heterocycles. The van der Waals surface area contributed by atoms with Crippen molar-refractivity contribution < 1.29 is 4.79 Å². The molecular weight excluding hydrogens is 256 g/mol. The van der Waals surface area contributed by atoms with Crippen LogP contribution in [0.5, 0.6) is 0 Å². The van der Waals surface area contributed by atoms with Crippen LogP contribution in [0.3, 0.4) is 0 Å². The molecular formula is C13H18N6O. The zero-order valence-electron chi connectivity index (χ0n) is 11.5. The van der Waals surface area contributed by atoms with Crippen LogP contribution in [-0.4, -0.2) is 32.2 Å². The molecule has 0 spiro atoms. The van der Waals surface area contributed by atoms with Crippen LogP contribution in [0.2, 0.25) is 0 Å². The minimum atomic E-state index is -0.540. The standard InChI is InChI=1S/C13H18N6O/c1-3-9(2)12(14)13(20)16-10-6-4-5-7-11(10)19-8-15-17-18-19/h4-9,12H,3,14H2,1-2H3,(H,16,20)/t9?,12-/m0/s1. The fourth-order valence-corrected chi connectivity index (χ4v) is 1.78. The van der Waals surface area contributed by atoms with Crippen LogP contribution in [0.15, 0.2) is 30.6 Å². The number of benzene rings is 1. The number of amides is 1. The van der Waals surface area contributed by atoms with Crippen LogP contribution in [0, 0.1) is 5.92 Å². The lowest BCUT2D eigenvalue weighted by Crippen LogP contribution is -2.40. The molecule has 1 aromatic carbocycles. The van der Waals surface area contributed by atoms with Gasteiger partial charge in [-0.25, -0.2) is 0 Å². The van der Waals surface area contributed by atoms with Crippen LogP contribution < -0.4 is 11.1 Å². The number of anilines is 1. The number of tetrazole rings is 1. The van der Waals surface area contributed by atoms with Crippen molar-refractivity contribution in [3.63, 3.8) is 0 Å². The molecule has 0 saturated heterocycles. The minimum absolute atomic E-state index is 0.121. The lowest BCUT2D eigenvalue weighted by atomic mass is 9.99. The molecule has 106 valence electrons. The number of hydrogen-bond acceptors (Lipinski definition) is 5. The third kappa shape index (κ3) is 3.00. The summed E-state index contributed by atoms with van der Waals surface area (Å²) in [4.78, 5) is 12.1. The van der Waals surface area contributed by atoms with E-state index in [2.05, 4.69) is 20.8 Å². The van der Waals surface area contributed by atoms with E-state index in [4.69, 9.17) is 5.73 Å². The Kier molecular flexibility index (Phi) is 4.41. The van der Waals surface area contributed by atoms with Crippen molar-refractivity contribution in [2.24, 2.45) is 11.7 Å². The van der Waals surface area contributed by atoms with E-state index >= 15 is 0 Å². The summed E-state index contributed by atoms with van der Waals surface area (Å²) in [5.74, 6) is -0.0879. The summed E-state index contributed by atoms with van der Waals surface area (Å²) in [6.45, 7) is 3.96. The van der Waals surface area contributed by atoms with Gasteiger partial charge in [0.2, 0.25) is 5.91 Å². The zero-order chi connectivity index (χ0) is 14.5. The fraction of sp³-hybridized carbons (Fsp3) is 0.385. The molecule has 0 aliphatic rings. The van der Waals surface area contributed by atoms with E-state index < -0.39 is 6.04 Å².